The molecule has 0 N–H and O–H groups in total. The first-order chi connectivity index (χ1) is 5.16. The SMILES string of the molecule is C=CCC(C)=CCOC(C)=O. The summed E-state index contributed by atoms with van der Waals surface area (Å²) in [7, 11) is 0. The van der Waals surface area contributed by atoms with Crippen LogP contribution in [0.5, 0.6) is 0 Å². The van der Waals surface area contributed by atoms with Crippen LogP contribution in [-0.4, -0.2) is 12.6 Å². The second-order valence-electron chi connectivity index (χ2n) is 2.35. The molecule has 0 unspecified atom stereocenters. The molecule has 0 amide bonds. The van der Waals surface area contributed by atoms with Gasteiger partial charge < -0.3 is 4.74 Å². The highest BCUT2D eigenvalue weighted by molar-refractivity contribution is 5.66. The third kappa shape index (κ3) is 6.84. The number of esters is 1. The number of carbonyl (C=O) groups excluding carboxylic acids is 1. The number of hydrogen-bond acceptors (Lipinski definition) is 2. The predicted molar refractivity (Wildman–Crippen MR) is 45.2 cm³/mol. The molecule has 0 aromatic rings. The summed E-state index contributed by atoms with van der Waals surface area (Å²) in [4.78, 5) is 10.3. The van der Waals surface area contributed by atoms with Gasteiger partial charge in [0, 0.05) is 6.92 Å². The van der Waals surface area contributed by atoms with Crippen LogP contribution in [0.2, 0.25) is 0 Å². The van der Waals surface area contributed by atoms with Crippen LogP contribution in [-0.2, 0) is 9.53 Å². The predicted octanol–water partition coefficient (Wildman–Crippen LogP) is 2.07. The molecule has 0 heterocycles. The van der Waals surface area contributed by atoms with E-state index >= 15 is 0 Å². The molecule has 0 saturated heterocycles. The van der Waals surface area contributed by atoms with Crippen molar-refractivity contribution in [2.75, 3.05) is 6.61 Å². The first-order valence-corrected chi connectivity index (χ1v) is 3.56. The monoisotopic (exact) mass is 154 g/mol. The second-order valence-corrected chi connectivity index (χ2v) is 2.35. The highest BCUT2D eigenvalue weighted by Gasteiger charge is 1.88. The van der Waals surface area contributed by atoms with Crippen LogP contribution in [0.1, 0.15) is 20.3 Å². The summed E-state index contributed by atoms with van der Waals surface area (Å²) in [6.07, 6.45) is 4.55. The molecule has 0 spiro atoms. The van der Waals surface area contributed by atoms with Crippen LogP contribution in [0.25, 0.3) is 0 Å². The third-order valence-electron chi connectivity index (χ3n) is 1.18. The van der Waals surface area contributed by atoms with Gasteiger partial charge in [-0.05, 0) is 19.4 Å². The van der Waals surface area contributed by atoms with E-state index in [-0.39, 0.29) is 5.97 Å². The molecule has 0 radical (unpaired) electrons. The first-order valence-electron chi connectivity index (χ1n) is 3.56. The molecule has 2 nitrogen and oxygen atoms in total. The molecular formula is C9H14O2. The van der Waals surface area contributed by atoms with Crippen LogP contribution < -0.4 is 0 Å². The average Bonchev–Trinajstić information content (AvgIpc) is 1.87. The van der Waals surface area contributed by atoms with Crippen LogP contribution >= 0.6 is 0 Å². The van der Waals surface area contributed by atoms with E-state index in [0.717, 1.165) is 6.42 Å². The highest BCUT2D eigenvalue weighted by atomic mass is 16.5. The Balaban J connectivity index is 3.55. The van der Waals surface area contributed by atoms with E-state index in [2.05, 4.69) is 6.58 Å². The Morgan fingerprint density at radius 3 is 2.64 bits per heavy atom. The van der Waals surface area contributed by atoms with Gasteiger partial charge in [-0.3, -0.25) is 4.79 Å². The van der Waals surface area contributed by atoms with Gasteiger partial charge in [-0.1, -0.05) is 11.6 Å². The van der Waals surface area contributed by atoms with Crippen molar-refractivity contribution in [3.8, 4) is 0 Å². The maximum atomic E-state index is 10.3. The Morgan fingerprint density at radius 2 is 2.18 bits per heavy atom. The summed E-state index contributed by atoms with van der Waals surface area (Å²) in [5.74, 6) is -0.243. The molecule has 11 heavy (non-hydrogen) atoms. The van der Waals surface area contributed by atoms with E-state index in [1.807, 2.05) is 19.1 Å². The number of carbonyl (C=O) groups is 1. The molecule has 0 fully saturated rings. The zero-order valence-electron chi connectivity index (χ0n) is 7.09. The fourth-order valence-electron chi connectivity index (χ4n) is 0.612. The summed E-state index contributed by atoms with van der Waals surface area (Å²) in [5.41, 5.74) is 1.17. The van der Waals surface area contributed by atoms with Crippen LogP contribution in [0, 0.1) is 0 Å². The highest BCUT2D eigenvalue weighted by Crippen LogP contribution is 1.98. The standard InChI is InChI=1S/C9H14O2/c1-4-5-8(2)6-7-11-9(3)10/h4,6H,1,5,7H2,2-3H3. The number of allylic oxidation sites excluding steroid dienone is 2. The Bertz CT molecular complexity index is 168. The van der Waals surface area contributed by atoms with Crippen molar-refractivity contribution < 1.29 is 9.53 Å². The lowest BCUT2D eigenvalue weighted by Crippen LogP contribution is -1.98. The molecular weight excluding hydrogens is 140 g/mol. The van der Waals surface area contributed by atoms with Gasteiger partial charge >= 0.3 is 5.97 Å². The van der Waals surface area contributed by atoms with E-state index < -0.39 is 0 Å². The van der Waals surface area contributed by atoms with Crippen molar-refractivity contribution >= 4 is 5.97 Å². The van der Waals surface area contributed by atoms with Crippen molar-refractivity contribution in [3.05, 3.63) is 24.3 Å². The Hall–Kier alpha value is -1.05. The number of ether oxygens (including phenoxy) is 1. The van der Waals surface area contributed by atoms with Crippen LogP contribution in [0.15, 0.2) is 24.3 Å². The smallest absolute Gasteiger partial charge is 0.302 e. The van der Waals surface area contributed by atoms with Gasteiger partial charge in [0.2, 0.25) is 0 Å². The molecule has 0 aromatic heterocycles. The minimum atomic E-state index is -0.243. The normalized spacial score (nSPS) is 10.9. The van der Waals surface area contributed by atoms with Gasteiger partial charge in [-0.15, -0.1) is 6.58 Å². The van der Waals surface area contributed by atoms with Crippen LogP contribution in [0.4, 0.5) is 0 Å². The van der Waals surface area contributed by atoms with E-state index in [1.165, 1.54) is 12.5 Å². The minimum absolute atomic E-state index is 0.243. The Labute approximate surface area is 67.6 Å². The molecule has 0 bridgehead atoms. The maximum absolute atomic E-state index is 10.3. The lowest BCUT2D eigenvalue weighted by atomic mass is 10.2. The average molecular weight is 154 g/mol. The minimum Gasteiger partial charge on any atom is -0.462 e. The van der Waals surface area contributed by atoms with Gasteiger partial charge in [0.15, 0.2) is 0 Å². The van der Waals surface area contributed by atoms with Crippen molar-refractivity contribution in [1.29, 1.82) is 0 Å². The first kappa shape index (κ1) is 9.95. The van der Waals surface area contributed by atoms with E-state index in [1.54, 1.807) is 0 Å². The van der Waals surface area contributed by atoms with E-state index in [4.69, 9.17) is 4.74 Å². The van der Waals surface area contributed by atoms with Gasteiger partial charge in [-0.25, -0.2) is 0 Å². The zero-order valence-corrected chi connectivity index (χ0v) is 7.09. The van der Waals surface area contributed by atoms with Crippen molar-refractivity contribution in [1.82, 2.24) is 0 Å². The second kappa shape index (κ2) is 5.71. The summed E-state index contributed by atoms with van der Waals surface area (Å²) < 4.78 is 4.71. The van der Waals surface area contributed by atoms with Gasteiger partial charge in [0.1, 0.15) is 6.61 Å². The lowest BCUT2D eigenvalue weighted by Gasteiger charge is -1.97. The largest absolute Gasteiger partial charge is 0.462 e. The van der Waals surface area contributed by atoms with Crippen LogP contribution in [0.3, 0.4) is 0 Å². The third-order valence-corrected chi connectivity index (χ3v) is 1.18. The molecule has 62 valence electrons. The molecule has 0 aliphatic heterocycles. The molecule has 0 aromatic carbocycles. The summed E-state index contributed by atoms with van der Waals surface area (Å²) in [6, 6.07) is 0. The van der Waals surface area contributed by atoms with E-state index in [0.29, 0.717) is 6.61 Å². The summed E-state index contributed by atoms with van der Waals surface area (Å²) in [5, 5.41) is 0. The molecule has 0 aliphatic carbocycles. The zero-order chi connectivity index (χ0) is 8.69. The number of rotatable bonds is 4. The lowest BCUT2D eigenvalue weighted by molar-refractivity contribution is -0.139. The number of hydrogen-bond donors (Lipinski definition) is 0. The summed E-state index contributed by atoms with van der Waals surface area (Å²) >= 11 is 0. The van der Waals surface area contributed by atoms with Crippen molar-refractivity contribution in [3.63, 3.8) is 0 Å². The topological polar surface area (TPSA) is 26.3 Å². The quantitative estimate of drug-likeness (QED) is 0.457. The molecule has 0 atom stereocenters. The van der Waals surface area contributed by atoms with Gasteiger partial charge in [-0.2, -0.15) is 0 Å². The molecule has 0 saturated carbocycles. The van der Waals surface area contributed by atoms with Gasteiger partial charge in [0.05, 0.1) is 0 Å². The molecule has 2 heteroatoms. The summed E-state index contributed by atoms with van der Waals surface area (Å²) in [6.45, 7) is 7.34. The fourth-order valence-corrected chi connectivity index (χ4v) is 0.612. The van der Waals surface area contributed by atoms with Crippen molar-refractivity contribution in [2.24, 2.45) is 0 Å². The van der Waals surface area contributed by atoms with Gasteiger partial charge in [0.25, 0.3) is 0 Å². The van der Waals surface area contributed by atoms with Crippen molar-refractivity contribution in [2.45, 2.75) is 20.3 Å². The molecule has 0 aliphatic rings. The Morgan fingerprint density at radius 1 is 1.55 bits per heavy atom. The maximum Gasteiger partial charge on any atom is 0.302 e. The Kier molecular flexibility index (Phi) is 5.17. The van der Waals surface area contributed by atoms with E-state index in [9.17, 15) is 4.79 Å². The fraction of sp³-hybridized carbons (Fsp3) is 0.444. The molecule has 0 rings (SSSR count).